The quantitative estimate of drug-likeness (QED) is 0.763. The van der Waals surface area contributed by atoms with E-state index in [1.807, 2.05) is 23.0 Å². The summed E-state index contributed by atoms with van der Waals surface area (Å²) in [5, 5.41) is 12.7. The molecule has 0 fully saturated rings. The van der Waals surface area contributed by atoms with Crippen molar-refractivity contribution in [2.24, 2.45) is 0 Å². The zero-order chi connectivity index (χ0) is 12.8. The van der Waals surface area contributed by atoms with E-state index in [0.29, 0.717) is 5.75 Å². The van der Waals surface area contributed by atoms with Crippen LogP contribution in [0.1, 0.15) is 18.2 Å². The second-order valence-corrected chi connectivity index (χ2v) is 4.31. The van der Waals surface area contributed by atoms with Gasteiger partial charge in [0.25, 0.3) is 0 Å². The van der Waals surface area contributed by atoms with Gasteiger partial charge in [-0.3, -0.25) is 0 Å². The number of likely N-dealkylation sites (N-methyl/N-ethyl adjacent to an activating group) is 1. The summed E-state index contributed by atoms with van der Waals surface area (Å²) in [7, 11) is 0. The van der Waals surface area contributed by atoms with Crippen LogP contribution < -0.4 is 5.32 Å². The molecule has 2 N–H and O–H groups in total. The van der Waals surface area contributed by atoms with Gasteiger partial charge in [0.05, 0.1) is 12.0 Å². The Bertz CT molecular complexity index is 493. The number of nitrogens with zero attached hydrogens (tertiary/aromatic N) is 2. The summed E-state index contributed by atoms with van der Waals surface area (Å²) in [4.78, 5) is 4.37. The van der Waals surface area contributed by atoms with Gasteiger partial charge in [-0.1, -0.05) is 19.1 Å². The third-order valence-corrected chi connectivity index (χ3v) is 2.77. The van der Waals surface area contributed by atoms with Gasteiger partial charge in [0, 0.05) is 25.7 Å². The van der Waals surface area contributed by atoms with Crippen LogP contribution in [0.15, 0.2) is 36.8 Å². The molecule has 1 heterocycles. The highest BCUT2D eigenvalue weighted by molar-refractivity contribution is 5.27. The Hall–Kier alpha value is -1.81. The summed E-state index contributed by atoms with van der Waals surface area (Å²) in [6, 6.07) is 7.31. The van der Waals surface area contributed by atoms with Gasteiger partial charge in [-0.15, -0.1) is 0 Å². The van der Waals surface area contributed by atoms with Crippen LogP contribution in [0.3, 0.4) is 0 Å². The van der Waals surface area contributed by atoms with Gasteiger partial charge in [-0.2, -0.15) is 0 Å². The third kappa shape index (κ3) is 3.60. The molecule has 0 bridgehead atoms. The first kappa shape index (κ1) is 12.6. The summed E-state index contributed by atoms with van der Waals surface area (Å²) in [6.07, 6.45) is 4.84. The first-order chi connectivity index (χ1) is 8.78. The molecule has 1 aromatic heterocycles. The van der Waals surface area contributed by atoms with Crippen LogP contribution in [0.2, 0.25) is 0 Å². The molecule has 0 radical (unpaired) electrons. The minimum Gasteiger partial charge on any atom is -0.508 e. The van der Waals surface area contributed by atoms with Crippen molar-refractivity contribution in [3.05, 3.63) is 48.0 Å². The summed E-state index contributed by atoms with van der Waals surface area (Å²) in [5.74, 6) is 0.306. The molecule has 0 atom stereocenters. The van der Waals surface area contributed by atoms with E-state index in [1.165, 1.54) is 0 Å². The molecule has 2 rings (SSSR count). The Morgan fingerprint density at radius 3 is 3.06 bits per heavy atom. The summed E-state index contributed by atoms with van der Waals surface area (Å²) >= 11 is 0. The molecule has 0 spiro atoms. The lowest BCUT2D eigenvalue weighted by Crippen LogP contribution is -2.16. The van der Waals surface area contributed by atoms with E-state index in [2.05, 4.69) is 23.4 Å². The Balaban J connectivity index is 1.94. The lowest BCUT2D eigenvalue weighted by atomic mass is 10.2. The number of phenolic OH excluding ortho intramolecular Hbond substituents is 1. The average Bonchev–Trinajstić information content (AvgIpc) is 2.77. The second kappa shape index (κ2) is 6.21. The van der Waals surface area contributed by atoms with Gasteiger partial charge in [-0.05, 0) is 24.2 Å². The molecule has 0 aliphatic rings. The zero-order valence-corrected chi connectivity index (χ0v) is 10.6. The summed E-state index contributed by atoms with van der Waals surface area (Å²) < 4.78 is 2.04. The first-order valence-corrected chi connectivity index (χ1v) is 6.27. The van der Waals surface area contributed by atoms with Crippen LogP contribution in [0.25, 0.3) is 0 Å². The molecule has 2 aromatic rings. The van der Waals surface area contributed by atoms with Crippen LogP contribution in [-0.2, 0) is 13.0 Å². The monoisotopic (exact) mass is 245 g/mol. The summed E-state index contributed by atoms with van der Waals surface area (Å²) in [5.41, 5.74) is 2.17. The molecule has 0 amide bonds. The van der Waals surface area contributed by atoms with Crippen molar-refractivity contribution in [1.82, 2.24) is 14.9 Å². The number of imidazole rings is 1. The average molecular weight is 245 g/mol. The Labute approximate surface area is 107 Å². The Kier molecular flexibility index (Phi) is 4.36. The molecular weight excluding hydrogens is 226 g/mol. The lowest BCUT2D eigenvalue weighted by molar-refractivity contribution is 0.474. The van der Waals surface area contributed by atoms with Crippen LogP contribution >= 0.6 is 0 Å². The lowest BCUT2D eigenvalue weighted by Gasteiger charge is -2.02. The molecule has 0 unspecified atom stereocenters. The number of hydrogen-bond donors (Lipinski definition) is 2. The predicted octanol–water partition coefficient (Wildman–Crippen LogP) is 1.79. The van der Waals surface area contributed by atoms with Crippen molar-refractivity contribution in [2.75, 3.05) is 13.1 Å². The van der Waals surface area contributed by atoms with Gasteiger partial charge >= 0.3 is 0 Å². The van der Waals surface area contributed by atoms with Crippen LogP contribution in [-0.4, -0.2) is 27.7 Å². The van der Waals surface area contributed by atoms with Crippen molar-refractivity contribution in [2.45, 2.75) is 19.9 Å². The maximum absolute atomic E-state index is 9.41. The minimum absolute atomic E-state index is 0.306. The minimum atomic E-state index is 0.306. The smallest absolute Gasteiger partial charge is 0.115 e. The van der Waals surface area contributed by atoms with Gasteiger partial charge in [0.1, 0.15) is 5.75 Å². The highest BCUT2D eigenvalue weighted by Gasteiger charge is 2.00. The fourth-order valence-electron chi connectivity index (χ4n) is 1.88. The topological polar surface area (TPSA) is 50.1 Å². The van der Waals surface area contributed by atoms with Gasteiger partial charge in [0.2, 0.25) is 0 Å². The van der Waals surface area contributed by atoms with Crippen LogP contribution in [0, 0.1) is 0 Å². The number of aromatic nitrogens is 2. The van der Waals surface area contributed by atoms with E-state index in [-0.39, 0.29) is 0 Å². The van der Waals surface area contributed by atoms with Crippen molar-refractivity contribution in [3.8, 4) is 5.75 Å². The van der Waals surface area contributed by atoms with E-state index in [1.54, 1.807) is 12.1 Å². The molecule has 0 aliphatic heterocycles. The van der Waals surface area contributed by atoms with E-state index < -0.39 is 0 Å². The predicted molar refractivity (Wildman–Crippen MR) is 71.7 cm³/mol. The number of rotatable bonds is 6. The Morgan fingerprint density at radius 2 is 2.28 bits per heavy atom. The van der Waals surface area contributed by atoms with E-state index in [9.17, 15) is 5.11 Å². The number of phenols is 1. The number of nitrogens with one attached hydrogen (secondary N) is 1. The molecule has 0 aliphatic carbocycles. The zero-order valence-electron chi connectivity index (χ0n) is 10.6. The standard InChI is InChI=1S/C14H19N3O/c1-2-15-7-6-13-10-17(11-16-13)9-12-4-3-5-14(18)8-12/h3-5,8,10-11,15,18H,2,6-7,9H2,1H3. The number of aromatic hydroxyl groups is 1. The van der Waals surface area contributed by atoms with Gasteiger partial charge in [-0.25, -0.2) is 4.98 Å². The van der Waals surface area contributed by atoms with E-state index >= 15 is 0 Å². The molecule has 0 saturated heterocycles. The van der Waals surface area contributed by atoms with Gasteiger partial charge < -0.3 is 15.0 Å². The maximum atomic E-state index is 9.41. The molecule has 4 heteroatoms. The first-order valence-electron chi connectivity index (χ1n) is 6.27. The molecule has 4 nitrogen and oxygen atoms in total. The van der Waals surface area contributed by atoms with Crippen molar-refractivity contribution >= 4 is 0 Å². The van der Waals surface area contributed by atoms with Crippen molar-refractivity contribution in [1.29, 1.82) is 0 Å². The second-order valence-electron chi connectivity index (χ2n) is 4.31. The van der Waals surface area contributed by atoms with E-state index in [4.69, 9.17) is 0 Å². The molecule has 0 saturated carbocycles. The van der Waals surface area contributed by atoms with Crippen molar-refractivity contribution < 1.29 is 5.11 Å². The van der Waals surface area contributed by atoms with Crippen LogP contribution in [0.4, 0.5) is 0 Å². The summed E-state index contributed by atoms with van der Waals surface area (Å²) in [6.45, 7) is 4.78. The largest absolute Gasteiger partial charge is 0.508 e. The van der Waals surface area contributed by atoms with Gasteiger partial charge in [0.15, 0.2) is 0 Å². The fourth-order valence-corrected chi connectivity index (χ4v) is 1.88. The molecule has 96 valence electrons. The SMILES string of the molecule is CCNCCc1cn(Cc2cccc(O)c2)cn1. The highest BCUT2D eigenvalue weighted by Crippen LogP contribution is 2.12. The van der Waals surface area contributed by atoms with Crippen LogP contribution in [0.5, 0.6) is 5.75 Å². The molecule has 1 aromatic carbocycles. The number of benzene rings is 1. The highest BCUT2D eigenvalue weighted by atomic mass is 16.3. The normalized spacial score (nSPS) is 10.7. The van der Waals surface area contributed by atoms with Crippen molar-refractivity contribution in [3.63, 3.8) is 0 Å². The Morgan fingerprint density at radius 1 is 1.39 bits per heavy atom. The third-order valence-electron chi connectivity index (χ3n) is 2.77. The molecular formula is C14H19N3O. The van der Waals surface area contributed by atoms with E-state index in [0.717, 1.165) is 37.3 Å². The maximum Gasteiger partial charge on any atom is 0.115 e. The number of hydrogen-bond acceptors (Lipinski definition) is 3. The fraction of sp³-hybridized carbons (Fsp3) is 0.357. The molecule has 18 heavy (non-hydrogen) atoms.